The molecule has 4 rings (SSSR count). The highest BCUT2D eigenvalue weighted by atomic mass is 19.4. The van der Waals surface area contributed by atoms with E-state index < -0.39 is 17.9 Å². The molecule has 6 heteroatoms. The lowest BCUT2D eigenvalue weighted by Gasteiger charge is -2.28. The second kappa shape index (κ2) is 7.03. The van der Waals surface area contributed by atoms with Gasteiger partial charge >= 0.3 is 6.18 Å². The number of amides is 1. The number of fused-ring (bicyclic) bond motifs is 1. The smallest absolute Gasteiger partial charge is 0.361 e. The minimum Gasteiger partial charge on any atom is -0.361 e. The Balaban J connectivity index is 1.73. The van der Waals surface area contributed by atoms with Crippen LogP contribution in [-0.2, 0) is 12.7 Å². The fraction of sp³-hybridized carbons (Fsp3) is 0.136. The largest absolute Gasteiger partial charge is 0.418 e. The van der Waals surface area contributed by atoms with Crippen LogP contribution >= 0.6 is 0 Å². The molecule has 0 aromatic heterocycles. The molecule has 1 aliphatic rings. The van der Waals surface area contributed by atoms with Crippen LogP contribution in [-0.4, -0.2) is 10.8 Å². The maximum Gasteiger partial charge on any atom is 0.418 e. The minimum absolute atomic E-state index is 0.0532. The van der Waals surface area contributed by atoms with Gasteiger partial charge in [-0.05, 0) is 23.8 Å². The molecule has 0 fully saturated rings. The molecule has 0 bridgehead atoms. The van der Waals surface area contributed by atoms with Gasteiger partial charge in [-0.3, -0.25) is 4.79 Å². The molecule has 1 atom stereocenters. The highest BCUT2D eigenvalue weighted by molar-refractivity contribution is 5.99. The summed E-state index contributed by atoms with van der Waals surface area (Å²) in [5.74, 6) is -0.207. The van der Waals surface area contributed by atoms with Gasteiger partial charge in [0, 0.05) is 23.4 Å². The fourth-order valence-electron chi connectivity index (χ4n) is 3.47. The Labute approximate surface area is 160 Å². The molecular weight excluding hydrogens is 365 g/mol. The summed E-state index contributed by atoms with van der Waals surface area (Å²) in [6.45, 7) is 0.292. The van der Waals surface area contributed by atoms with Gasteiger partial charge < -0.3 is 10.2 Å². The second-order valence-electron chi connectivity index (χ2n) is 6.60. The summed E-state index contributed by atoms with van der Waals surface area (Å²) >= 11 is 0. The lowest BCUT2D eigenvalue weighted by molar-refractivity contribution is -0.137. The van der Waals surface area contributed by atoms with Crippen molar-refractivity contribution in [2.45, 2.75) is 18.9 Å². The standard InChI is InChI=1S/C22H17F3N2O/c23-22(24,25)18-12-6-7-13-19(18)26-20-16-10-4-5-11-17(16)21(28)27(20)14-15-8-2-1-3-9-15/h1-13,20,26H,14H2. The number of hydrogen-bond donors (Lipinski definition) is 1. The van der Waals surface area contributed by atoms with Crippen molar-refractivity contribution in [3.05, 3.63) is 101 Å². The van der Waals surface area contributed by atoms with E-state index in [1.54, 1.807) is 35.2 Å². The lowest BCUT2D eigenvalue weighted by atomic mass is 10.1. The molecule has 3 aromatic carbocycles. The number of rotatable bonds is 4. The van der Waals surface area contributed by atoms with E-state index in [0.717, 1.165) is 11.6 Å². The van der Waals surface area contributed by atoms with Gasteiger partial charge in [-0.1, -0.05) is 60.7 Å². The number of alkyl halides is 3. The third-order valence-electron chi connectivity index (χ3n) is 4.78. The molecule has 1 N–H and O–H groups in total. The molecule has 1 aliphatic heterocycles. The summed E-state index contributed by atoms with van der Waals surface area (Å²) in [6.07, 6.45) is -5.18. The monoisotopic (exact) mass is 382 g/mol. The number of carbonyl (C=O) groups is 1. The van der Waals surface area contributed by atoms with Crippen molar-refractivity contribution in [1.82, 2.24) is 4.90 Å². The van der Waals surface area contributed by atoms with Crippen molar-refractivity contribution in [2.75, 3.05) is 5.32 Å². The molecule has 0 radical (unpaired) electrons. The Bertz CT molecular complexity index is 1000. The molecule has 0 aliphatic carbocycles. The quantitative estimate of drug-likeness (QED) is 0.649. The normalized spacial score (nSPS) is 16.2. The fourth-order valence-corrected chi connectivity index (χ4v) is 3.47. The van der Waals surface area contributed by atoms with Crippen LogP contribution in [0.2, 0.25) is 0 Å². The molecule has 0 saturated heterocycles. The van der Waals surface area contributed by atoms with Crippen LogP contribution in [0.5, 0.6) is 0 Å². The van der Waals surface area contributed by atoms with Gasteiger partial charge in [0.05, 0.1) is 5.56 Å². The van der Waals surface area contributed by atoms with Crippen LogP contribution in [0.15, 0.2) is 78.9 Å². The Kier molecular flexibility index (Phi) is 4.55. The molecule has 142 valence electrons. The number of nitrogens with zero attached hydrogens (tertiary/aromatic N) is 1. The third kappa shape index (κ3) is 3.33. The molecule has 1 unspecified atom stereocenters. The first-order chi connectivity index (χ1) is 13.4. The zero-order valence-corrected chi connectivity index (χ0v) is 14.8. The summed E-state index contributed by atoms with van der Waals surface area (Å²) in [5, 5.41) is 2.96. The van der Waals surface area contributed by atoms with Crippen molar-refractivity contribution in [2.24, 2.45) is 0 Å². The van der Waals surface area contributed by atoms with E-state index in [1.807, 2.05) is 30.3 Å². The predicted molar refractivity (Wildman–Crippen MR) is 101 cm³/mol. The second-order valence-corrected chi connectivity index (χ2v) is 6.60. The van der Waals surface area contributed by atoms with Crippen molar-refractivity contribution >= 4 is 11.6 Å². The summed E-state index contributed by atoms with van der Waals surface area (Å²) < 4.78 is 40.3. The van der Waals surface area contributed by atoms with Crippen LogP contribution in [0.3, 0.4) is 0 Å². The molecule has 1 heterocycles. The van der Waals surface area contributed by atoms with Gasteiger partial charge in [0.1, 0.15) is 6.17 Å². The van der Waals surface area contributed by atoms with Crippen LogP contribution in [0, 0.1) is 0 Å². The Morgan fingerprint density at radius 3 is 2.25 bits per heavy atom. The Morgan fingerprint density at radius 2 is 1.50 bits per heavy atom. The maximum atomic E-state index is 13.4. The molecule has 0 saturated carbocycles. The van der Waals surface area contributed by atoms with Crippen molar-refractivity contribution in [3.63, 3.8) is 0 Å². The van der Waals surface area contributed by atoms with Gasteiger partial charge in [0.25, 0.3) is 5.91 Å². The number of hydrogen-bond acceptors (Lipinski definition) is 2. The molecule has 3 aromatic rings. The van der Waals surface area contributed by atoms with Gasteiger partial charge in [0.2, 0.25) is 0 Å². The van der Waals surface area contributed by atoms with E-state index in [2.05, 4.69) is 5.32 Å². The number of anilines is 1. The Morgan fingerprint density at radius 1 is 0.857 bits per heavy atom. The van der Waals surface area contributed by atoms with E-state index in [4.69, 9.17) is 0 Å². The summed E-state index contributed by atoms with van der Waals surface area (Å²) in [5.41, 5.74) is 1.26. The number of halogens is 3. The van der Waals surface area contributed by atoms with Gasteiger partial charge in [-0.25, -0.2) is 0 Å². The first-order valence-corrected chi connectivity index (χ1v) is 8.82. The summed E-state index contributed by atoms with van der Waals surface area (Å²) in [7, 11) is 0. The molecule has 3 nitrogen and oxygen atoms in total. The van der Waals surface area contributed by atoms with E-state index in [0.29, 0.717) is 17.7 Å². The van der Waals surface area contributed by atoms with Gasteiger partial charge in [-0.2, -0.15) is 13.2 Å². The van der Waals surface area contributed by atoms with Crippen LogP contribution < -0.4 is 5.32 Å². The molecular formula is C22H17F3N2O. The number of benzene rings is 3. The lowest BCUT2D eigenvalue weighted by Crippen LogP contribution is -2.32. The first kappa shape index (κ1) is 18.1. The predicted octanol–water partition coefficient (Wildman–Crippen LogP) is 5.47. The number of carbonyl (C=O) groups excluding carboxylic acids is 1. The van der Waals surface area contributed by atoms with Crippen molar-refractivity contribution in [3.8, 4) is 0 Å². The number of nitrogens with one attached hydrogen (secondary N) is 1. The Hall–Kier alpha value is -3.28. The molecule has 0 spiro atoms. The van der Waals surface area contributed by atoms with Crippen LogP contribution in [0.1, 0.15) is 33.2 Å². The topological polar surface area (TPSA) is 32.3 Å². The van der Waals surface area contributed by atoms with Crippen molar-refractivity contribution in [1.29, 1.82) is 0 Å². The zero-order valence-electron chi connectivity index (χ0n) is 14.8. The molecule has 1 amide bonds. The van der Waals surface area contributed by atoms with Gasteiger partial charge in [0.15, 0.2) is 0 Å². The number of para-hydroxylation sites is 1. The van der Waals surface area contributed by atoms with Crippen molar-refractivity contribution < 1.29 is 18.0 Å². The maximum absolute atomic E-state index is 13.4. The third-order valence-corrected chi connectivity index (χ3v) is 4.78. The van der Waals surface area contributed by atoms with Gasteiger partial charge in [-0.15, -0.1) is 0 Å². The van der Waals surface area contributed by atoms with Crippen LogP contribution in [0.25, 0.3) is 0 Å². The minimum atomic E-state index is -4.49. The zero-order chi connectivity index (χ0) is 19.7. The highest BCUT2D eigenvalue weighted by Crippen LogP contribution is 2.39. The average Bonchev–Trinajstić information content (AvgIpc) is 2.95. The molecule has 28 heavy (non-hydrogen) atoms. The highest BCUT2D eigenvalue weighted by Gasteiger charge is 2.39. The van der Waals surface area contributed by atoms with E-state index >= 15 is 0 Å². The van der Waals surface area contributed by atoms with E-state index in [1.165, 1.54) is 12.1 Å². The first-order valence-electron chi connectivity index (χ1n) is 8.82. The average molecular weight is 382 g/mol. The van der Waals surface area contributed by atoms with E-state index in [-0.39, 0.29) is 11.6 Å². The summed E-state index contributed by atoms with van der Waals surface area (Å²) in [6, 6.07) is 21.7. The summed E-state index contributed by atoms with van der Waals surface area (Å²) in [4.78, 5) is 14.5. The van der Waals surface area contributed by atoms with Crippen LogP contribution in [0.4, 0.5) is 18.9 Å². The van der Waals surface area contributed by atoms with E-state index in [9.17, 15) is 18.0 Å². The SMILES string of the molecule is O=C1c2ccccc2C(Nc2ccccc2C(F)(F)F)N1Cc1ccccc1.